The van der Waals surface area contributed by atoms with Crippen LogP contribution in [0.2, 0.25) is 5.02 Å². The molecule has 6 heteroatoms. The Balaban J connectivity index is 1.64. The zero-order chi connectivity index (χ0) is 17.6. The van der Waals surface area contributed by atoms with Crippen molar-refractivity contribution in [2.24, 2.45) is 11.8 Å². The number of aryl methyl sites for hydroxylation is 1. The molecule has 0 amide bonds. The van der Waals surface area contributed by atoms with Crippen molar-refractivity contribution in [1.29, 1.82) is 0 Å². The predicted octanol–water partition coefficient (Wildman–Crippen LogP) is 2.97. The summed E-state index contributed by atoms with van der Waals surface area (Å²) >= 11 is 5.89. The van der Waals surface area contributed by atoms with Crippen LogP contribution in [0.4, 0.5) is 0 Å². The van der Waals surface area contributed by atoms with E-state index in [1.54, 1.807) is 12.1 Å². The van der Waals surface area contributed by atoms with Gasteiger partial charge in [0.05, 0.1) is 6.07 Å². The quantitative estimate of drug-likeness (QED) is 0.911. The van der Waals surface area contributed by atoms with Gasteiger partial charge >= 0.3 is 5.69 Å². The molecule has 3 atom stereocenters. The SMILES string of the molecule is O=c1cc(O)n(CCc2ccc(Cl)cc2)c(=O)n1[C@H]1C[C@H]2CC[C@@H]1C2. The maximum atomic E-state index is 12.9. The van der Waals surface area contributed by atoms with Gasteiger partial charge in [-0.05, 0) is 55.2 Å². The van der Waals surface area contributed by atoms with Crippen molar-refractivity contribution in [3.05, 3.63) is 61.8 Å². The third-order valence-corrected chi connectivity index (χ3v) is 6.03. The molecular weight excluding hydrogens is 340 g/mol. The van der Waals surface area contributed by atoms with E-state index in [4.69, 9.17) is 11.6 Å². The fraction of sp³-hybridized carbons (Fsp3) is 0.474. The summed E-state index contributed by atoms with van der Waals surface area (Å²) in [5, 5.41) is 10.8. The molecule has 2 aliphatic rings. The first-order valence-electron chi connectivity index (χ1n) is 8.82. The van der Waals surface area contributed by atoms with Gasteiger partial charge in [-0.2, -0.15) is 0 Å². The van der Waals surface area contributed by atoms with E-state index in [1.807, 2.05) is 12.1 Å². The minimum absolute atomic E-state index is 0.0128. The van der Waals surface area contributed by atoms with Gasteiger partial charge in [-0.25, -0.2) is 4.79 Å². The molecule has 0 aliphatic heterocycles. The minimum Gasteiger partial charge on any atom is -0.494 e. The van der Waals surface area contributed by atoms with Gasteiger partial charge in [-0.15, -0.1) is 0 Å². The van der Waals surface area contributed by atoms with Crippen molar-refractivity contribution in [3.63, 3.8) is 0 Å². The fourth-order valence-corrected chi connectivity index (χ4v) is 4.64. The molecule has 0 spiro atoms. The first-order valence-corrected chi connectivity index (χ1v) is 9.20. The molecule has 2 fully saturated rings. The summed E-state index contributed by atoms with van der Waals surface area (Å²) in [6.07, 6.45) is 4.90. The lowest BCUT2D eigenvalue weighted by Gasteiger charge is -2.24. The second-order valence-electron chi connectivity index (χ2n) is 7.26. The lowest BCUT2D eigenvalue weighted by atomic mass is 9.95. The van der Waals surface area contributed by atoms with Gasteiger partial charge in [0.25, 0.3) is 5.56 Å². The Morgan fingerprint density at radius 3 is 2.52 bits per heavy atom. The average molecular weight is 361 g/mol. The molecular formula is C19H21ClN2O3. The van der Waals surface area contributed by atoms with Gasteiger partial charge in [-0.3, -0.25) is 13.9 Å². The molecule has 2 aliphatic carbocycles. The fourth-order valence-electron chi connectivity index (χ4n) is 4.52. The molecule has 1 N–H and O–H groups in total. The summed E-state index contributed by atoms with van der Waals surface area (Å²) in [4.78, 5) is 25.3. The summed E-state index contributed by atoms with van der Waals surface area (Å²) in [7, 11) is 0. The predicted molar refractivity (Wildman–Crippen MR) is 96.3 cm³/mol. The Kier molecular flexibility index (Phi) is 4.20. The number of hydrogen-bond acceptors (Lipinski definition) is 3. The lowest BCUT2D eigenvalue weighted by molar-refractivity contribution is 0.297. The Bertz CT molecular complexity index is 900. The summed E-state index contributed by atoms with van der Waals surface area (Å²) in [6, 6.07) is 8.56. The van der Waals surface area contributed by atoms with E-state index in [-0.39, 0.29) is 17.5 Å². The molecule has 5 nitrogen and oxygen atoms in total. The number of benzene rings is 1. The van der Waals surface area contributed by atoms with Crippen molar-refractivity contribution in [1.82, 2.24) is 9.13 Å². The first-order chi connectivity index (χ1) is 12.0. The van der Waals surface area contributed by atoms with E-state index in [9.17, 15) is 14.7 Å². The van der Waals surface area contributed by atoms with Crippen molar-refractivity contribution < 1.29 is 5.11 Å². The molecule has 0 unspecified atom stereocenters. The monoisotopic (exact) mass is 360 g/mol. The maximum Gasteiger partial charge on any atom is 0.334 e. The number of nitrogens with zero attached hydrogens (tertiary/aromatic N) is 2. The zero-order valence-corrected chi connectivity index (χ0v) is 14.7. The van der Waals surface area contributed by atoms with Crippen LogP contribution in [0.15, 0.2) is 39.9 Å². The van der Waals surface area contributed by atoms with E-state index in [1.165, 1.54) is 21.6 Å². The largest absolute Gasteiger partial charge is 0.494 e. The molecule has 132 valence electrons. The number of halogens is 1. The molecule has 1 aromatic heterocycles. The van der Waals surface area contributed by atoms with Gasteiger partial charge in [0.1, 0.15) is 0 Å². The van der Waals surface area contributed by atoms with E-state index >= 15 is 0 Å². The smallest absolute Gasteiger partial charge is 0.334 e. The lowest BCUT2D eigenvalue weighted by Crippen LogP contribution is -2.43. The van der Waals surface area contributed by atoms with E-state index in [2.05, 4.69) is 0 Å². The van der Waals surface area contributed by atoms with E-state index < -0.39 is 5.69 Å². The number of aromatic nitrogens is 2. The van der Waals surface area contributed by atoms with Crippen LogP contribution in [0.3, 0.4) is 0 Å². The number of rotatable bonds is 4. The summed E-state index contributed by atoms with van der Waals surface area (Å²) in [5.41, 5.74) is 0.243. The summed E-state index contributed by atoms with van der Waals surface area (Å²) in [5.74, 6) is 0.797. The average Bonchev–Trinajstić information content (AvgIpc) is 3.19. The van der Waals surface area contributed by atoms with Crippen LogP contribution in [-0.2, 0) is 13.0 Å². The zero-order valence-electron chi connectivity index (χ0n) is 13.9. The first kappa shape index (κ1) is 16.5. The molecule has 2 bridgehead atoms. The van der Waals surface area contributed by atoms with Crippen molar-refractivity contribution >= 4 is 11.6 Å². The highest BCUT2D eigenvalue weighted by Gasteiger charge is 2.41. The second kappa shape index (κ2) is 6.37. The molecule has 25 heavy (non-hydrogen) atoms. The number of hydrogen-bond donors (Lipinski definition) is 1. The third kappa shape index (κ3) is 3.01. The molecule has 2 aromatic rings. The second-order valence-corrected chi connectivity index (χ2v) is 7.70. The number of fused-ring (bicyclic) bond motifs is 2. The molecule has 1 heterocycles. The Hall–Kier alpha value is -2.01. The van der Waals surface area contributed by atoms with Gasteiger partial charge < -0.3 is 5.11 Å². The molecule has 0 radical (unpaired) electrons. The van der Waals surface area contributed by atoms with E-state index in [0.29, 0.717) is 29.8 Å². The van der Waals surface area contributed by atoms with Crippen molar-refractivity contribution in [3.8, 4) is 5.88 Å². The van der Waals surface area contributed by atoms with Crippen molar-refractivity contribution in [2.45, 2.75) is 44.7 Å². The van der Waals surface area contributed by atoms with Crippen LogP contribution in [0.25, 0.3) is 0 Å². The van der Waals surface area contributed by atoms with Gasteiger partial charge in [0, 0.05) is 17.6 Å². The van der Waals surface area contributed by atoms with E-state index in [0.717, 1.165) is 24.8 Å². The van der Waals surface area contributed by atoms with Gasteiger partial charge in [0.2, 0.25) is 5.88 Å². The molecule has 4 rings (SSSR count). The van der Waals surface area contributed by atoms with Gasteiger partial charge in [0.15, 0.2) is 0 Å². The molecule has 0 saturated heterocycles. The van der Waals surface area contributed by atoms with Crippen LogP contribution in [0.1, 0.15) is 37.3 Å². The molecule has 1 aromatic carbocycles. The van der Waals surface area contributed by atoms with Crippen LogP contribution in [0, 0.1) is 11.8 Å². The van der Waals surface area contributed by atoms with Crippen molar-refractivity contribution in [2.75, 3.05) is 0 Å². The highest BCUT2D eigenvalue weighted by molar-refractivity contribution is 6.30. The maximum absolute atomic E-state index is 12.9. The topological polar surface area (TPSA) is 64.2 Å². The summed E-state index contributed by atoms with van der Waals surface area (Å²) < 4.78 is 2.69. The van der Waals surface area contributed by atoms with Crippen LogP contribution in [-0.4, -0.2) is 14.2 Å². The standard InChI is InChI=1S/C19H21ClN2O3/c20-15-5-2-12(3-6-15)7-8-21-17(23)11-18(24)22(19(21)25)16-10-13-1-4-14(16)9-13/h2-3,5-6,11,13-14,16,23H,1,4,7-10H2/t13-,14+,16-/m0/s1. The Morgan fingerprint density at radius 1 is 1.12 bits per heavy atom. The van der Waals surface area contributed by atoms with Crippen LogP contribution in [0.5, 0.6) is 5.88 Å². The minimum atomic E-state index is -0.392. The Morgan fingerprint density at radius 2 is 1.88 bits per heavy atom. The third-order valence-electron chi connectivity index (χ3n) is 5.77. The highest BCUT2D eigenvalue weighted by Crippen LogP contribution is 2.49. The normalized spacial score (nSPS) is 24.8. The molecule has 2 saturated carbocycles. The van der Waals surface area contributed by atoms with Crippen LogP contribution < -0.4 is 11.2 Å². The van der Waals surface area contributed by atoms with Gasteiger partial charge in [-0.1, -0.05) is 30.2 Å². The van der Waals surface area contributed by atoms with Crippen LogP contribution >= 0.6 is 11.6 Å². The Labute approximate surface area is 150 Å². The summed E-state index contributed by atoms with van der Waals surface area (Å²) in [6.45, 7) is 0.327. The highest BCUT2D eigenvalue weighted by atomic mass is 35.5. The number of aromatic hydroxyl groups is 1.